The van der Waals surface area contributed by atoms with Crippen LogP contribution in [0.25, 0.3) is 11.0 Å². The van der Waals surface area contributed by atoms with Gasteiger partial charge in [-0.2, -0.15) is 14.0 Å². The molecule has 1 aromatic heterocycles. The molecule has 1 aliphatic carbocycles. The third-order valence-corrected chi connectivity index (χ3v) is 4.58. The second kappa shape index (κ2) is 5.00. The maximum Gasteiger partial charge on any atom is 0.244 e. The molecule has 102 valence electrons. The normalized spacial score (nSPS) is 17.0. The predicted octanol–water partition coefficient (Wildman–Crippen LogP) is 3.37. The Kier molecular flexibility index (Phi) is 3.32. The highest BCUT2D eigenvalue weighted by Gasteiger charge is 2.41. The highest BCUT2D eigenvalue weighted by Crippen LogP contribution is 2.39. The van der Waals surface area contributed by atoms with Crippen LogP contribution in [0.2, 0.25) is 5.02 Å². The quantitative estimate of drug-likeness (QED) is 0.922. The maximum atomic E-state index is 12.4. The first-order valence-corrected chi connectivity index (χ1v) is 7.41. The molecule has 0 spiro atoms. The van der Waals surface area contributed by atoms with Crippen LogP contribution in [0.1, 0.15) is 25.7 Å². The van der Waals surface area contributed by atoms with Gasteiger partial charge in [0.05, 0.1) is 28.5 Å². The number of benzene rings is 1. The molecule has 0 radical (unpaired) electrons. The van der Waals surface area contributed by atoms with E-state index in [0.717, 1.165) is 24.6 Å². The van der Waals surface area contributed by atoms with E-state index in [1.165, 1.54) is 0 Å². The van der Waals surface area contributed by atoms with Crippen molar-refractivity contribution in [3.05, 3.63) is 17.2 Å². The molecule has 1 fully saturated rings. The van der Waals surface area contributed by atoms with Gasteiger partial charge in [0, 0.05) is 0 Å². The minimum atomic E-state index is -0.936. The van der Waals surface area contributed by atoms with Gasteiger partial charge in [-0.15, -0.1) is 0 Å². The molecule has 1 aliphatic rings. The number of aromatic nitrogens is 2. The largest absolute Gasteiger partial charge is 0.321 e. The van der Waals surface area contributed by atoms with E-state index in [-0.39, 0.29) is 5.91 Å². The number of hydrogen-bond acceptors (Lipinski definition) is 5. The zero-order chi connectivity index (χ0) is 14.2. The summed E-state index contributed by atoms with van der Waals surface area (Å²) in [7, 11) is 0. The van der Waals surface area contributed by atoms with E-state index in [4.69, 9.17) is 11.6 Å². The SMILES string of the molecule is N#CC1(C(=O)Nc2c(Cl)ccc3nsnc23)CCCC1. The maximum absolute atomic E-state index is 12.4. The summed E-state index contributed by atoms with van der Waals surface area (Å²) in [4.78, 5) is 12.4. The smallest absolute Gasteiger partial charge is 0.244 e. The van der Waals surface area contributed by atoms with Gasteiger partial charge in [-0.3, -0.25) is 4.79 Å². The van der Waals surface area contributed by atoms with Crippen molar-refractivity contribution in [2.45, 2.75) is 25.7 Å². The number of carbonyl (C=O) groups is 1. The summed E-state index contributed by atoms with van der Waals surface area (Å²) in [6, 6.07) is 5.60. The Hall–Kier alpha value is -1.71. The van der Waals surface area contributed by atoms with Crippen LogP contribution in [0.5, 0.6) is 0 Å². The van der Waals surface area contributed by atoms with Crippen molar-refractivity contribution in [1.82, 2.24) is 8.75 Å². The molecule has 1 heterocycles. The monoisotopic (exact) mass is 306 g/mol. The molecule has 0 atom stereocenters. The standard InChI is InChI=1S/C13H11ClN4OS/c14-8-3-4-9-11(18-20-17-9)10(8)16-12(19)13(7-15)5-1-2-6-13/h3-4H,1-2,5-6H2,(H,16,19). The number of anilines is 1. The van der Waals surface area contributed by atoms with E-state index in [2.05, 4.69) is 20.1 Å². The topological polar surface area (TPSA) is 78.7 Å². The van der Waals surface area contributed by atoms with Gasteiger partial charge in [-0.25, -0.2) is 0 Å². The Morgan fingerprint density at radius 3 is 2.85 bits per heavy atom. The summed E-state index contributed by atoms with van der Waals surface area (Å²) in [5.74, 6) is -0.292. The molecule has 20 heavy (non-hydrogen) atoms. The second-order valence-corrected chi connectivity index (χ2v) is 5.85. The van der Waals surface area contributed by atoms with Crippen LogP contribution in [0.3, 0.4) is 0 Å². The Balaban J connectivity index is 1.97. The van der Waals surface area contributed by atoms with Crippen molar-refractivity contribution in [1.29, 1.82) is 5.26 Å². The summed E-state index contributed by atoms with van der Waals surface area (Å²) in [5.41, 5.74) is 0.771. The van der Waals surface area contributed by atoms with Crippen molar-refractivity contribution < 1.29 is 4.79 Å². The Morgan fingerprint density at radius 1 is 1.40 bits per heavy atom. The van der Waals surface area contributed by atoms with Crippen molar-refractivity contribution in [2.75, 3.05) is 5.32 Å². The van der Waals surface area contributed by atoms with Gasteiger partial charge in [0.15, 0.2) is 0 Å². The minimum Gasteiger partial charge on any atom is -0.321 e. The van der Waals surface area contributed by atoms with Crippen molar-refractivity contribution >= 4 is 46.0 Å². The fourth-order valence-electron chi connectivity index (χ4n) is 2.55. The highest BCUT2D eigenvalue weighted by molar-refractivity contribution is 7.00. The van der Waals surface area contributed by atoms with Gasteiger partial charge < -0.3 is 5.32 Å². The second-order valence-electron chi connectivity index (χ2n) is 4.91. The molecule has 1 N–H and O–H groups in total. The van der Waals surface area contributed by atoms with E-state index >= 15 is 0 Å². The van der Waals surface area contributed by atoms with Gasteiger partial charge in [0.25, 0.3) is 0 Å². The van der Waals surface area contributed by atoms with Crippen molar-refractivity contribution in [3.63, 3.8) is 0 Å². The van der Waals surface area contributed by atoms with Crippen LogP contribution in [0.4, 0.5) is 5.69 Å². The number of fused-ring (bicyclic) bond motifs is 1. The number of carbonyl (C=O) groups excluding carboxylic acids is 1. The van der Waals surface area contributed by atoms with E-state index in [0.29, 0.717) is 34.6 Å². The first-order valence-electron chi connectivity index (χ1n) is 6.30. The molecule has 5 nitrogen and oxygen atoms in total. The summed E-state index contributed by atoms with van der Waals surface area (Å²) in [6.45, 7) is 0. The summed E-state index contributed by atoms with van der Waals surface area (Å²) in [6.07, 6.45) is 2.99. The molecule has 3 rings (SSSR count). The lowest BCUT2D eigenvalue weighted by atomic mass is 9.87. The van der Waals surface area contributed by atoms with Gasteiger partial charge >= 0.3 is 0 Å². The summed E-state index contributed by atoms with van der Waals surface area (Å²) < 4.78 is 8.27. The molecule has 1 saturated carbocycles. The Bertz CT molecular complexity index is 715. The van der Waals surface area contributed by atoms with Crippen LogP contribution < -0.4 is 5.32 Å². The molecule has 2 aromatic rings. The first kappa shape index (κ1) is 13.3. The summed E-state index contributed by atoms with van der Waals surface area (Å²) in [5, 5.41) is 12.5. The van der Waals surface area contributed by atoms with Crippen molar-refractivity contribution in [2.24, 2.45) is 5.41 Å². The lowest BCUT2D eigenvalue weighted by molar-refractivity contribution is -0.122. The van der Waals surface area contributed by atoms with Gasteiger partial charge in [-0.1, -0.05) is 24.4 Å². The molecule has 0 aliphatic heterocycles. The Labute approximate surface area is 124 Å². The van der Waals surface area contributed by atoms with E-state index in [1.54, 1.807) is 12.1 Å². The van der Waals surface area contributed by atoms with Gasteiger partial charge in [0.2, 0.25) is 5.91 Å². The number of nitriles is 1. The minimum absolute atomic E-state index is 0.292. The van der Waals surface area contributed by atoms with Gasteiger partial charge in [-0.05, 0) is 25.0 Å². The first-order chi connectivity index (χ1) is 9.66. The number of amides is 1. The molecule has 1 aromatic carbocycles. The number of halogens is 1. The van der Waals surface area contributed by atoms with E-state index < -0.39 is 5.41 Å². The van der Waals surface area contributed by atoms with Crippen LogP contribution >= 0.6 is 23.3 Å². The molecule has 0 unspecified atom stereocenters. The molecular formula is C13H11ClN4OS. The van der Waals surface area contributed by atoms with Crippen LogP contribution in [0.15, 0.2) is 12.1 Å². The summed E-state index contributed by atoms with van der Waals surface area (Å²) >= 11 is 7.20. The number of nitrogens with one attached hydrogen (secondary N) is 1. The van der Waals surface area contributed by atoms with Crippen molar-refractivity contribution in [3.8, 4) is 6.07 Å². The number of rotatable bonds is 2. The fraction of sp³-hybridized carbons (Fsp3) is 0.385. The number of nitrogens with zero attached hydrogens (tertiary/aromatic N) is 3. The molecule has 1 amide bonds. The molecule has 0 saturated heterocycles. The number of hydrogen-bond donors (Lipinski definition) is 1. The average Bonchev–Trinajstić information content (AvgIpc) is 3.10. The zero-order valence-electron chi connectivity index (χ0n) is 10.5. The molecular weight excluding hydrogens is 296 g/mol. The molecule has 0 bridgehead atoms. The average molecular weight is 307 g/mol. The van der Waals surface area contributed by atoms with Crippen LogP contribution in [-0.4, -0.2) is 14.7 Å². The van der Waals surface area contributed by atoms with Gasteiger partial charge in [0.1, 0.15) is 16.4 Å². The van der Waals surface area contributed by atoms with E-state index in [9.17, 15) is 10.1 Å². The third-order valence-electron chi connectivity index (χ3n) is 3.72. The van der Waals surface area contributed by atoms with E-state index in [1.807, 2.05) is 0 Å². The molecule has 7 heteroatoms. The van der Waals surface area contributed by atoms with Crippen LogP contribution in [0, 0.1) is 16.7 Å². The Morgan fingerprint density at radius 2 is 2.15 bits per heavy atom. The third kappa shape index (κ3) is 2.03. The van der Waals surface area contributed by atoms with Crippen LogP contribution in [-0.2, 0) is 4.79 Å². The lowest BCUT2D eigenvalue weighted by Gasteiger charge is -2.19. The highest BCUT2D eigenvalue weighted by atomic mass is 35.5. The lowest BCUT2D eigenvalue weighted by Crippen LogP contribution is -2.32. The predicted molar refractivity (Wildman–Crippen MR) is 77.6 cm³/mol. The zero-order valence-corrected chi connectivity index (χ0v) is 12.1. The fourth-order valence-corrected chi connectivity index (χ4v) is 3.29.